The summed E-state index contributed by atoms with van der Waals surface area (Å²) in [6, 6.07) is 7.49. The monoisotopic (exact) mass is 236 g/mol. The number of esters is 1. The largest absolute Gasteiger partial charge is 0.496 e. The molecule has 17 heavy (non-hydrogen) atoms. The quantitative estimate of drug-likeness (QED) is 0.744. The molecule has 0 saturated carbocycles. The fraction of sp³-hybridized carbons (Fsp3) is 0.462. The van der Waals surface area contributed by atoms with Crippen molar-refractivity contribution in [2.75, 3.05) is 26.9 Å². The van der Waals surface area contributed by atoms with Crippen LogP contribution in [0.3, 0.4) is 0 Å². The smallest absolute Gasteiger partial charge is 0.321 e. The van der Waals surface area contributed by atoms with Gasteiger partial charge in [0.25, 0.3) is 0 Å². The number of benzene rings is 1. The standard InChI is InChI=1S/C13H16O4/c1-3-17-12(14)13(8-16-9-13)10-6-4-5-7-11(10)15-2/h4-7H,3,8-9H2,1-2H3. The molecule has 0 unspecified atom stereocenters. The Morgan fingerprint density at radius 2 is 2.12 bits per heavy atom. The van der Waals surface area contributed by atoms with Crippen LogP contribution in [0.1, 0.15) is 12.5 Å². The van der Waals surface area contributed by atoms with E-state index in [2.05, 4.69) is 0 Å². The van der Waals surface area contributed by atoms with Crippen LogP contribution in [0, 0.1) is 0 Å². The van der Waals surface area contributed by atoms with Crippen molar-refractivity contribution in [3.8, 4) is 5.75 Å². The molecule has 1 heterocycles. The topological polar surface area (TPSA) is 44.8 Å². The lowest BCUT2D eigenvalue weighted by Crippen LogP contribution is -2.54. The van der Waals surface area contributed by atoms with Crippen LogP contribution in [0.25, 0.3) is 0 Å². The van der Waals surface area contributed by atoms with E-state index in [4.69, 9.17) is 14.2 Å². The van der Waals surface area contributed by atoms with Crippen molar-refractivity contribution in [3.05, 3.63) is 29.8 Å². The Hall–Kier alpha value is -1.55. The summed E-state index contributed by atoms with van der Waals surface area (Å²) in [5.74, 6) is 0.458. The molecular weight excluding hydrogens is 220 g/mol. The molecule has 1 aromatic rings. The Bertz CT molecular complexity index is 410. The van der Waals surface area contributed by atoms with E-state index in [1.807, 2.05) is 24.3 Å². The molecular formula is C13H16O4. The minimum Gasteiger partial charge on any atom is -0.496 e. The van der Waals surface area contributed by atoms with Gasteiger partial charge >= 0.3 is 5.97 Å². The molecule has 1 fully saturated rings. The molecule has 0 spiro atoms. The van der Waals surface area contributed by atoms with Gasteiger partial charge in [0.15, 0.2) is 0 Å². The van der Waals surface area contributed by atoms with Gasteiger partial charge in [0.2, 0.25) is 0 Å². The number of hydrogen-bond acceptors (Lipinski definition) is 4. The van der Waals surface area contributed by atoms with E-state index in [-0.39, 0.29) is 5.97 Å². The van der Waals surface area contributed by atoms with E-state index < -0.39 is 5.41 Å². The highest BCUT2D eigenvalue weighted by molar-refractivity contribution is 5.85. The van der Waals surface area contributed by atoms with Gasteiger partial charge in [-0.2, -0.15) is 0 Å². The first-order chi connectivity index (χ1) is 8.24. The third kappa shape index (κ3) is 1.89. The Morgan fingerprint density at radius 1 is 1.41 bits per heavy atom. The lowest BCUT2D eigenvalue weighted by molar-refractivity contribution is -0.169. The van der Waals surface area contributed by atoms with Crippen molar-refractivity contribution >= 4 is 5.97 Å². The zero-order valence-corrected chi connectivity index (χ0v) is 10.1. The number of ether oxygens (including phenoxy) is 3. The summed E-state index contributed by atoms with van der Waals surface area (Å²) < 4.78 is 15.6. The van der Waals surface area contributed by atoms with Crippen molar-refractivity contribution in [2.24, 2.45) is 0 Å². The Labute approximate surface area is 100 Å². The molecule has 1 saturated heterocycles. The number of methoxy groups -OCH3 is 1. The van der Waals surface area contributed by atoms with Crippen molar-refractivity contribution in [1.29, 1.82) is 0 Å². The summed E-state index contributed by atoms with van der Waals surface area (Å²) in [4.78, 5) is 12.1. The highest BCUT2D eigenvalue weighted by Crippen LogP contribution is 2.38. The van der Waals surface area contributed by atoms with Crippen LogP contribution in [0.4, 0.5) is 0 Å². The first-order valence-corrected chi connectivity index (χ1v) is 5.63. The molecule has 2 rings (SSSR count). The van der Waals surface area contributed by atoms with E-state index >= 15 is 0 Å². The molecule has 0 N–H and O–H groups in total. The predicted octanol–water partition coefficient (Wildman–Crippen LogP) is 1.53. The summed E-state index contributed by atoms with van der Waals surface area (Å²) >= 11 is 0. The summed E-state index contributed by atoms with van der Waals surface area (Å²) in [7, 11) is 1.59. The minimum absolute atomic E-state index is 0.240. The van der Waals surface area contributed by atoms with Crippen LogP contribution >= 0.6 is 0 Å². The van der Waals surface area contributed by atoms with Gasteiger partial charge in [-0.15, -0.1) is 0 Å². The highest BCUT2D eigenvalue weighted by atomic mass is 16.6. The van der Waals surface area contributed by atoms with Crippen LogP contribution in [-0.2, 0) is 19.7 Å². The van der Waals surface area contributed by atoms with Gasteiger partial charge in [-0.3, -0.25) is 4.79 Å². The average Bonchev–Trinajstić information content (AvgIpc) is 2.29. The van der Waals surface area contributed by atoms with Gasteiger partial charge in [-0.25, -0.2) is 0 Å². The number of rotatable bonds is 4. The van der Waals surface area contributed by atoms with Crippen LogP contribution in [0.5, 0.6) is 5.75 Å². The van der Waals surface area contributed by atoms with Crippen LogP contribution in [0.15, 0.2) is 24.3 Å². The Balaban J connectivity index is 2.37. The van der Waals surface area contributed by atoms with Crippen molar-refractivity contribution in [2.45, 2.75) is 12.3 Å². The second kappa shape index (κ2) is 4.75. The van der Waals surface area contributed by atoms with Crippen molar-refractivity contribution in [1.82, 2.24) is 0 Å². The molecule has 1 aliphatic heterocycles. The maximum atomic E-state index is 12.1. The lowest BCUT2D eigenvalue weighted by Gasteiger charge is -2.39. The maximum Gasteiger partial charge on any atom is 0.321 e. The van der Waals surface area contributed by atoms with E-state index in [9.17, 15) is 4.79 Å². The summed E-state index contributed by atoms with van der Waals surface area (Å²) in [5.41, 5.74) is 0.148. The molecule has 0 aliphatic carbocycles. The molecule has 4 nitrogen and oxygen atoms in total. The van der Waals surface area contributed by atoms with Gasteiger partial charge < -0.3 is 14.2 Å². The predicted molar refractivity (Wildman–Crippen MR) is 62.1 cm³/mol. The SMILES string of the molecule is CCOC(=O)C1(c2ccccc2OC)COC1. The summed E-state index contributed by atoms with van der Waals surface area (Å²) in [6.07, 6.45) is 0. The first kappa shape index (κ1) is 11.9. The van der Waals surface area contributed by atoms with E-state index in [1.54, 1.807) is 14.0 Å². The zero-order valence-electron chi connectivity index (χ0n) is 10.1. The molecule has 0 amide bonds. The Morgan fingerprint density at radius 3 is 2.65 bits per heavy atom. The number of para-hydroxylation sites is 1. The number of carbonyl (C=O) groups excluding carboxylic acids is 1. The molecule has 92 valence electrons. The highest BCUT2D eigenvalue weighted by Gasteiger charge is 2.50. The van der Waals surface area contributed by atoms with Gasteiger partial charge in [-0.1, -0.05) is 18.2 Å². The summed E-state index contributed by atoms with van der Waals surface area (Å²) in [6.45, 7) is 2.88. The van der Waals surface area contributed by atoms with E-state index in [1.165, 1.54) is 0 Å². The molecule has 4 heteroatoms. The van der Waals surface area contributed by atoms with Crippen LogP contribution in [-0.4, -0.2) is 32.9 Å². The van der Waals surface area contributed by atoms with E-state index in [0.29, 0.717) is 25.6 Å². The van der Waals surface area contributed by atoms with Crippen molar-refractivity contribution < 1.29 is 19.0 Å². The molecule has 1 aliphatic rings. The fourth-order valence-electron chi connectivity index (χ4n) is 2.00. The second-order valence-electron chi connectivity index (χ2n) is 4.00. The number of carbonyl (C=O) groups is 1. The zero-order chi connectivity index (χ0) is 12.3. The summed E-state index contributed by atoms with van der Waals surface area (Å²) in [5, 5.41) is 0. The lowest BCUT2D eigenvalue weighted by atomic mass is 9.78. The third-order valence-corrected chi connectivity index (χ3v) is 2.99. The average molecular weight is 236 g/mol. The number of hydrogen-bond donors (Lipinski definition) is 0. The molecule has 0 bridgehead atoms. The van der Waals surface area contributed by atoms with Crippen LogP contribution < -0.4 is 4.74 Å². The fourth-order valence-corrected chi connectivity index (χ4v) is 2.00. The normalized spacial score (nSPS) is 17.1. The van der Waals surface area contributed by atoms with Crippen molar-refractivity contribution in [3.63, 3.8) is 0 Å². The first-order valence-electron chi connectivity index (χ1n) is 5.63. The second-order valence-corrected chi connectivity index (χ2v) is 4.00. The minimum atomic E-state index is -0.692. The molecule has 0 radical (unpaired) electrons. The Kier molecular flexibility index (Phi) is 3.33. The third-order valence-electron chi connectivity index (χ3n) is 2.99. The van der Waals surface area contributed by atoms with E-state index in [0.717, 1.165) is 5.56 Å². The molecule has 1 aromatic carbocycles. The molecule has 0 aromatic heterocycles. The maximum absolute atomic E-state index is 12.1. The van der Waals surface area contributed by atoms with Crippen LogP contribution in [0.2, 0.25) is 0 Å². The molecule has 0 atom stereocenters. The van der Waals surface area contributed by atoms with Gasteiger partial charge in [-0.05, 0) is 13.0 Å². The van der Waals surface area contributed by atoms with Gasteiger partial charge in [0.1, 0.15) is 11.2 Å². The van der Waals surface area contributed by atoms with Gasteiger partial charge in [0.05, 0.1) is 26.9 Å². The van der Waals surface area contributed by atoms with Gasteiger partial charge in [0, 0.05) is 5.56 Å².